The van der Waals surface area contributed by atoms with E-state index in [4.69, 9.17) is 5.73 Å². The third kappa shape index (κ3) is 4.03. The predicted octanol–water partition coefficient (Wildman–Crippen LogP) is 2.92. The summed E-state index contributed by atoms with van der Waals surface area (Å²) in [6, 6.07) is 7.92. The zero-order chi connectivity index (χ0) is 19.4. The molecule has 0 aliphatic heterocycles. The first kappa shape index (κ1) is 18.3. The Bertz CT molecular complexity index is 987. The summed E-state index contributed by atoms with van der Waals surface area (Å²) in [6.45, 7) is 4.45. The van der Waals surface area contributed by atoms with Gasteiger partial charge < -0.3 is 11.1 Å². The highest BCUT2D eigenvalue weighted by molar-refractivity contribution is 5.56. The highest BCUT2D eigenvalue weighted by atomic mass is 19.1. The Labute approximate surface area is 156 Å². The molecule has 0 unspecified atom stereocenters. The molecule has 138 valence electrons. The first-order valence-corrected chi connectivity index (χ1v) is 8.57. The lowest BCUT2D eigenvalue weighted by Gasteiger charge is -2.08. The second-order valence-corrected chi connectivity index (χ2v) is 6.18. The van der Waals surface area contributed by atoms with Crippen LogP contribution in [0.4, 0.5) is 16.0 Å². The van der Waals surface area contributed by atoms with Gasteiger partial charge in [-0.05, 0) is 51.0 Å². The highest BCUT2D eigenvalue weighted by Crippen LogP contribution is 2.22. The molecule has 27 heavy (non-hydrogen) atoms. The first-order valence-electron chi connectivity index (χ1n) is 8.57. The Morgan fingerprint density at radius 3 is 2.70 bits per heavy atom. The van der Waals surface area contributed by atoms with Gasteiger partial charge in [0.05, 0.1) is 22.8 Å². The third-order valence-corrected chi connectivity index (χ3v) is 4.14. The van der Waals surface area contributed by atoms with Crippen LogP contribution in [0, 0.1) is 31.0 Å². The van der Waals surface area contributed by atoms with Crippen LogP contribution in [0.25, 0.3) is 5.69 Å². The average molecular weight is 365 g/mol. The van der Waals surface area contributed by atoms with Crippen LogP contribution in [0.15, 0.2) is 30.5 Å². The fourth-order valence-electron chi connectivity index (χ4n) is 2.72. The summed E-state index contributed by atoms with van der Waals surface area (Å²) < 4.78 is 14.6. The van der Waals surface area contributed by atoms with E-state index >= 15 is 0 Å². The van der Waals surface area contributed by atoms with Gasteiger partial charge in [-0.1, -0.05) is 0 Å². The van der Waals surface area contributed by atoms with Crippen molar-refractivity contribution in [1.82, 2.24) is 19.7 Å². The third-order valence-electron chi connectivity index (χ3n) is 4.14. The van der Waals surface area contributed by atoms with E-state index in [0.29, 0.717) is 29.9 Å². The lowest BCUT2D eigenvalue weighted by Crippen LogP contribution is -2.08. The molecular formula is C19H20FN7. The zero-order valence-electron chi connectivity index (χ0n) is 15.2. The predicted molar refractivity (Wildman–Crippen MR) is 101 cm³/mol. The van der Waals surface area contributed by atoms with Gasteiger partial charge in [0.2, 0.25) is 0 Å². The number of nitrogen functional groups attached to an aromatic ring is 1. The van der Waals surface area contributed by atoms with E-state index in [9.17, 15) is 9.65 Å². The minimum atomic E-state index is -0.342. The van der Waals surface area contributed by atoms with E-state index in [2.05, 4.69) is 26.5 Å². The fraction of sp³-hybridized carbons (Fsp3) is 0.263. The van der Waals surface area contributed by atoms with Crippen molar-refractivity contribution < 1.29 is 4.39 Å². The number of benzene rings is 1. The van der Waals surface area contributed by atoms with Crippen molar-refractivity contribution in [3.8, 4) is 11.8 Å². The molecule has 2 heterocycles. The molecule has 1 aromatic carbocycles. The molecule has 2 aromatic heterocycles. The largest absolute Gasteiger partial charge is 0.382 e. The average Bonchev–Trinajstić information content (AvgIpc) is 2.97. The molecule has 0 fully saturated rings. The summed E-state index contributed by atoms with van der Waals surface area (Å²) in [5.41, 5.74) is 9.33. The van der Waals surface area contributed by atoms with E-state index in [0.717, 1.165) is 23.6 Å². The number of nitrogens with one attached hydrogen (secondary N) is 1. The van der Waals surface area contributed by atoms with Gasteiger partial charge in [0.15, 0.2) is 0 Å². The number of halogens is 1. The highest BCUT2D eigenvalue weighted by Gasteiger charge is 2.16. The Balaban J connectivity index is 1.70. The lowest BCUT2D eigenvalue weighted by atomic mass is 10.1. The molecule has 0 aliphatic carbocycles. The number of rotatable bonds is 6. The van der Waals surface area contributed by atoms with Crippen molar-refractivity contribution in [3.63, 3.8) is 0 Å². The number of nitrogens with two attached hydrogens (primary N) is 1. The standard InChI is InChI=1S/C19H20FN7/c1-12-11-24-13(2)19(25-12)23-9-3-4-17-16(10-21)18(22)27(26-17)15-7-5-14(20)6-8-15/h5-8,11H,3-4,9,22H2,1-2H3,(H,23,25). The second-order valence-electron chi connectivity index (χ2n) is 6.18. The Morgan fingerprint density at radius 2 is 2.00 bits per heavy atom. The topological polar surface area (TPSA) is 105 Å². The van der Waals surface area contributed by atoms with Crippen molar-refractivity contribution in [2.45, 2.75) is 26.7 Å². The summed E-state index contributed by atoms with van der Waals surface area (Å²) >= 11 is 0. The van der Waals surface area contributed by atoms with Gasteiger partial charge in [-0.2, -0.15) is 10.4 Å². The molecule has 8 heteroatoms. The number of nitrogens with zero attached hydrogens (tertiary/aromatic N) is 5. The van der Waals surface area contributed by atoms with Crippen LogP contribution in [-0.4, -0.2) is 26.3 Å². The van der Waals surface area contributed by atoms with E-state index in [1.807, 2.05) is 13.8 Å². The number of hydrogen-bond acceptors (Lipinski definition) is 6. The van der Waals surface area contributed by atoms with Crippen LogP contribution in [0.3, 0.4) is 0 Å². The van der Waals surface area contributed by atoms with E-state index in [-0.39, 0.29) is 11.6 Å². The molecule has 0 spiro atoms. The number of aromatic nitrogens is 4. The Hall–Kier alpha value is -3.47. The van der Waals surface area contributed by atoms with Crippen molar-refractivity contribution in [3.05, 3.63) is 58.9 Å². The Kier molecular flexibility index (Phi) is 5.31. The molecule has 0 aliphatic rings. The SMILES string of the molecule is Cc1cnc(C)c(NCCCc2nn(-c3ccc(F)cc3)c(N)c2C#N)n1. The van der Waals surface area contributed by atoms with Gasteiger partial charge in [-0.3, -0.25) is 4.98 Å². The van der Waals surface area contributed by atoms with Crippen molar-refractivity contribution in [2.24, 2.45) is 0 Å². The maximum Gasteiger partial charge on any atom is 0.147 e. The maximum absolute atomic E-state index is 13.1. The number of hydrogen-bond donors (Lipinski definition) is 2. The lowest BCUT2D eigenvalue weighted by molar-refractivity contribution is 0.627. The fourth-order valence-corrected chi connectivity index (χ4v) is 2.72. The quantitative estimate of drug-likeness (QED) is 0.651. The van der Waals surface area contributed by atoms with Gasteiger partial charge in [-0.15, -0.1) is 0 Å². The van der Waals surface area contributed by atoms with Gasteiger partial charge in [0.25, 0.3) is 0 Å². The van der Waals surface area contributed by atoms with Crippen LogP contribution >= 0.6 is 0 Å². The van der Waals surface area contributed by atoms with E-state index in [1.165, 1.54) is 16.8 Å². The normalized spacial score (nSPS) is 10.6. The van der Waals surface area contributed by atoms with Crippen molar-refractivity contribution >= 4 is 11.6 Å². The molecule has 0 radical (unpaired) electrons. The van der Waals surface area contributed by atoms with Gasteiger partial charge in [0.1, 0.15) is 29.1 Å². The number of nitriles is 1. The maximum atomic E-state index is 13.1. The molecule has 7 nitrogen and oxygen atoms in total. The molecule has 3 rings (SSSR count). The first-order chi connectivity index (χ1) is 13.0. The number of anilines is 2. The van der Waals surface area contributed by atoms with Crippen LogP contribution < -0.4 is 11.1 Å². The Morgan fingerprint density at radius 1 is 1.26 bits per heavy atom. The van der Waals surface area contributed by atoms with Crippen molar-refractivity contribution in [2.75, 3.05) is 17.6 Å². The van der Waals surface area contributed by atoms with Crippen LogP contribution in [0.5, 0.6) is 0 Å². The molecule has 0 saturated heterocycles. The number of aryl methyl sites for hydroxylation is 3. The zero-order valence-corrected chi connectivity index (χ0v) is 15.2. The second kappa shape index (κ2) is 7.83. The van der Waals surface area contributed by atoms with Crippen LogP contribution in [0.1, 0.15) is 29.1 Å². The minimum Gasteiger partial charge on any atom is -0.382 e. The summed E-state index contributed by atoms with van der Waals surface area (Å²) in [5, 5.41) is 17.1. The molecular weight excluding hydrogens is 345 g/mol. The van der Waals surface area contributed by atoms with Crippen molar-refractivity contribution in [1.29, 1.82) is 5.26 Å². The molecule has 3 N–H and O–H groups in total. The van der Waals surface area contributed by atoms with E-state index in [1.54, 1.807) is 18.3 Å². The van der Waals surface area contributed by atoms with Crippen LogP contribution in [0.2, 0.25) is 0 Å². The van der Waals surface area contributed by atoms with Gasteiger partial charge in [0, 0.05) is 12.7 Å². The minimum absolute atomic E-state index is 0.257. The molecule has 0 saturated carbocycles. The summed E-state index contributed by atoms with van der Waals surface area (Å²) in [4.78, 5) is 8.69. The van der Waals surface area contributed by atoms with Gasteiger partial charge in [-0.25, -0.2) is 14.1 Å². The summed E-state index contributed by atoms with van der Waals surface area (Å²) in [6.07, 6.45) is 3.04. The molecule has 0 atom stereocenters. The van der Waals surface area contributed by atoms with E-state index < -0.39 is 0 Å². The van der Waals surface area contributed by atoms with Gasteiger partial charge >= 0.3 is 0 Å². The molecule has 0 amide bonds. The summed E-state index contributed by atoms with van der Waals surface area (Å²) in [7, 11) is 0. The smallest absolute Gasteiger partial charge is 0.147 e. The molecule has 0 bridgehead atoms. The van der Waals surface area contributed by atoms with Crippen LogP contribution in [-0.2, 0) is 6.42 Å². The summed E-state index contributed by atoms with van der Waals surface area (Å²) in [5.74, 6) is 0.671. The molecule has 3 aromatic rings. The monoisotopic (exact) mass is 365 g/mol.